The second-order valence-electron chi connectivity index (χ2n) is 12.2. The van der Waals surface area contributed by atoms with Crippen molar-refractivity contribution in [2.24, 2.45) is 11.7 Å². The second-order valence-corrected chi connectivity index (χ2v) is 12.2. The van der Waals surface area contributed by atoms with E-state index in [9.17, 15) is 4.79 Å². The summed E-state index contributed by atoms with van der Waals surface area (Å²) in [7, 11) is 0. The van der Waals surface area contributed by atoms with Crippen molar-refractivity contribution >= 4 is 5.91 Å². The van der Waals surface area contributed by atoms with Gasteiger partial charge in [0.15, 0.2) is 0 Å². The van der Waals surface area contributed by atoms with Gasteiger partial charge in [0, 0.05) is 0 Å². The lowest BCUT2D eigenvalue weighted by molar-refractivity contribution is -0.120. The van der Waals surface area contributed by atoms with Crippen molar-refractivity contribution in [3.63, 3.8) is 0 Å². The molecular formula is C36H71NO. The first-order valence-corrected chi connectivity index (χ1v) is 17.7. The molecule has 2 nitrogen and oxygen atoms in total. The second kappa shape index (κ2) is 32.4. The molecule has 0 heterocycles. The van der Waals surface area contributed by atoms with Gasteiger partial charge < -0.3 is 5.73 Å². The van der Waals surface area contributed by atoms with E-state index in [2.05, 4.69) is 26.0 Å². The van der Waals surface area contributed by atoms with Crippen LogP contribution < -0.4 is 5.73 Å². The largest absolute Gasteiger partial charge is 0.369 e. The number of nitrogens with two attached hydrogens (primary N) is 1. The third-order valence-electron chi connectivity index (χ3n) is 8.33. The molecule has 2 heteroatoms. The quantitative estimate of drug-likeness (QED) is 0.0678. The van der Waals surface area contributed by atoms with Gasteiger partial charge in [-0.1, -0.05) is 199 Å². The zero-order valence-electron chi connectivity index (χ0n) is 26.4. The minimum atomic E-state index is -0.142. The number of unbranched alkanes of at least 4 members (excludes halogenated alkanes) is 27. The van der Waals surface area contributed by atoms with Crippen molar-refractivity contribution in [3.8, 4) is 0 Å². The van der Waals surface area contributed by atoms with E-state index < -0.39 is 0 Å². The Morgan fingerprint density at radius 2 is 0.763 bits per heavy atom. The van der Waals surface area contributed by atoms with Crippen LogP contribution >= 0.6 is 0 Å². The van der Waals surface area contributed by atoms with Crippen molar-refractivity contribution in [1.29, 1.82) is 0 Å². The van der Waals surface area contributed by atoms with Gasteiger partial charge >= 0.3 is 0 Å². The summed E-state index contributed by atoms with van der Waals surface area (Å²) >= 11 is 0. The Bertz CT molecular complexity index is 486. The molecule has 38 heavy (non-hydrogen) atoms. The molecule has 0 aliphatic rings. The lowest BCUT2D eigenvalue weighted by Crippen LogP contribution is -2.21. The van der Waals surface area contributed by atoms with Crippen LogP contribution in [-0.2, 0) is 4.79 Å². The molecule has 1 atom stereocenters. The highest BCUT2D eigenvalue weighted by atomic mass is 16.1. The lowest BCUT2D eigenvalue weighted by atomic mass is 9.98. The van der Waals surface area contributed by atoms with Crippen molar-refractivity contribution in [1.82, 2.24) is 0 Å². The molecule has 0 aromatic heterocycles. The Morgan fingerprint density at radius 1 is 0.474 bits per heavy atom. The Labute approximate surface area is 240 Å². The van der Waals surface area contributed by atoms with Gasteiger partial charge in [-0.15, -0.1) is 0 Å². The summed E-state index contributed by atoms with van der Waals surface area (Å²) in [6, 6.07) is 0. The number of carbonyl (C=O) groups is 1. The first-order chi connectivity index (χ1) is 18.7. The van der Waals surface area contributed by atoms with Crippen LogP contribution in [0.5, 0.6) is 0 Å². The fourth-order valence-corrected chi connectivity index (χ4v) is 5.61. The number of allylic oxidation sites excluding steroid dienone is 1. The molecule has 0 rings (SSSR count). The van der Waals surface area contributed by atoms with E-state index in [1.807, 2.05) is 0 Å². The monoisotopic (exact) mass is 534 g/mol. The number of rotatable bonds is 32. The highest BCUT2D eigenvalue weighted by Crippen LogP contribution is 2.17. The third-order valence-corrected chi connectivity index (χ3v) is 8.33. The summed E-state index contributed by atoms with van der Waals surface area (Å²) in [6.45, 7) is 4.58. The van der Waals surface area contributed by atoms with Gasteiger partial charge in [0.1, 0.15) is 0 Å². The zero-order valence-corrected chi connectivity index (χ0v) is 26.4. The molecule has 226 valence electrons. The molecule has 0 fully saturated rings. The molecule has 0 saturated heterocycles. The van der Waals surface area contributed by atoms with E-state index >= 15 is 0 Å². The molecule has 1 amide bonds. The minimum absolute atomic E-state index is 0.0565. The van der Waals surface area contributed by atoms with E-state index in [0.29, 0.717) is 0 Å². The maximum Gasteiger partial charge on any atom is 0.224 e. The molecule has 0 aliphatic carbocycles. The van der Waals surface area contributed by atoms with Crippen LogP contribution in [-0.4, -0.2) is 5.91 Å². The summed E-state index contributed by atoms with van der Waals surface area (Å²) in [5.41, 5.74) is 5.67. The molecule has 0 bridgehead atoms. The predicted octanol–water partition coefficient (Wildman–Crippen LogP) is 12.4. The number of amides is 1. The number of hydrogen-bond donors (Lipinski definition) is 1. The van der Waals surface area contributed by atoms with Crippen molar-refractivity contribution < 1.29 is 4.79 Å². The van der Waals surface area contributed by atoms with Gasteiger partial charge in [0.05, 0.1) is 5.92 Å². The fraction of sp³-hybridized carbons (Fsp3) is 0.917. The predicted molar refractivity (Wildman–Crippen MR) is 172 cm³/mol. The molecule has 0 saturated carbocycles. The molecule has 2 N–H and O–H groups in total. The Balaban J connectivity index is 3.46. The molecule has 0 aromatic rings. The third kappa shape index (κ3) is 29.8. The summed E-state index contributed by atoms with van der Waals surface area (Å²) in [5, 5.41) is 0. The summed E-state index contributed by atoms with van der Waals surface area (Å²) in [6.07, 6.45) is 45.1. The van der Waals surface area contributed by atoms with Gasteiger partial charge in [-0.2, -0.15) is 0 Å². The Kier molecular flexibility index (Phi) is 31.7. The Hall–Kier alpha value is -0.790. The summed E-state index contributed by atoms with van der Waals surface area (Å²) < 4.78 is 0. The number of primary amides is 1. The van der Waals surface area contributed by atoms with Crippen LogP contribution in [0.25, 0.3) is 0 Å². The van der Waals surface area contributed by atoms with Crippen LogP contribution in [0.1, 0.15) is 206 Å². The lowest BCUT2D eigenvalue weighted by Gasteiger charge is -2.09. The van der Waals surface area contributed by atoms with E-state index in [1.54, 1.807) is 0 Å². The molecule has 0 spiro atoms. The molecule has 1 unspecified atom stereocenters. The molecule has 0 aromatic carbocycles. The average molecular weight is 534 g/mol. The van der Waals surface area contributed by atoms with E-state index in [0.717, 1.165) is 19.3 Å². The number of hydrogen-bond acceptors (Lipinski definition) is 1. The van der Waals surface area contributed by atoms with Crippen LogP contribution in [0.3, 0.4) is 0 Å². The standard InChI is InChI=1S/C36H71NO/c1-3-5-7-9-11-13-15-17-19-20-22-24-26-28-30-32-34-35(36(37)38)33-31-29-27-25-23-21-18-16-14-12-10-8-6-4-2/h32,34-35H,3-31,33H2,1-2H3,(H2,37,38)/b34-32+. The van der Waals surface area contributed by atoms with E-state index in [4.69, 9.17) is 5.73 Å². The molecular weight excluding hydrogens is 462 g/mol. The van der Waals surface area contributed by atoms with Crippen LogP contribution in [0.4, 0.5) is 0 Å². The van der Waals surface area contributed by atoms with Gasteiger partial charge in [0.2, 0.25) is 5.91 Å². The Morgan fingerprint density at radius 3 is 1.08 bits per heavy atom. The highest BCUT2D eigenvalue weighted by molar-refractivity contribution is 5.78. The number of carbonyl (C=O) groups excluding carboxylic acids is 1. The van der Waals surface area contributed by atoms with E-state index in [1.165, 1.54) is 173 Å². The smallest absolute Gasteiger partial charge is 0.224 e. The fourth-order valence-electron chi connectivity index (χ4n) is 5.61. The van der Waals surface area contributed by atoms with Gasteiger partial charge in [-0.3, -0.25) is 4.79 Å². The van der Waals surface area contributed by atoms with Gasteiger partial charge in [-0.25, -0.2) is 0 Å². The van der Waals surface area contributed by atoms with Crippen LogP contribution in [0.2, 0.25) is 0 Å². The normalized spacial score (nSPS) is 12.5. The van der Waals surface area contributed by atoms with E-state index in [-0.39, 0.29) is 11.8 Å². The van der Waals surface area contributed by atoms with Crippen LogP contribution in [0, 0.1) is 5.92 Å². The average Bonchev–Trinajstić information content (AvgIpc) is 2.91. The maximum absolute atomic E-state index is 11.8. The first kappa shape index (κ1) is 37.2. The first-order valence-electron chi connectivity index (χ1n) is 17.7. The SMILES string of the molecule is CCCCCCCCCCCCCCCC/C=C/C(CCCCCCCCCCCCCCCC)C(N)=O. The van der Waals surface area contributed by atoms with Crippen molar-refractivity contribution in [2.45, 2.75) is 206 Å². The van der Waals surface area contributed by atoms with Crippen molar-refractivity contribution in [2.75, 3.05) is 0 Å². The summed E-state index contributed by atoms with van der Waals surface area (Å²) in [4.78, 5) is 11.8. The van der Waals surface area contributed by atoms with Gasteiger partial charge in [0.25, 0.3) is 0 Å². The maximum atomic E-state index is 11.8. The molecule has 0 radical (unpaired) electrons. The van der Waals surface area contributed by atoms with Crippen molar-refractivity contribution in [3.05, 3.63) is 12.2 Å². The minimum Gasteiger partial charge on any atom is -0.369 e. The highest BCUT2D eigenvalue weighted by Gasteiger charge is 2.10. The summed E-state index contributed by atoms with van der Waals surface area (Å²) in [5.74, 6) is -0.198. The van der Waals surface area contributed by atoms with Crippen LogP contribution in [0.15, 0.2) is 12.2 Å². The zero-order chi connectivity index (χ0) is 27.8. The molecule has 0 aliphatic heterocycles. The topological polar surface area (TPSA) is 43.1 Å². The van der Waals surface area contributed by atoms with Gasteiger partial charge in [-0.05, 0) is 19.3 Å².